The van der Waals surface area contributed by atoms with Gasteiger partial charge in [0.2, 0.25) is 5.95 Å². The molecule has 35 heavy (non-hydrogen) atoms. The molecule has 1 unspecified atom stereocenters. The van der Waals surface area contributed by atoms with Gasteiger partial charge in [0.25, 0.3) is 5.78 Å². The van der Waals surface area contributed by atoms with E-state index in [0.717, 1.165) is 0 Å². The van der Waals surface area contributed by atoms with Crippen molar-refractivity contribution >= 4 is 46.0 Å². The molecule has 0 radical (unpaired) electrons. The summed E-state index contributed by atoms with van der Waals surface area (Å²) in [4.78, 5) is 39.8. The maximum atomic E-state index is 13.3. The smallest absolute Gasteiger partial charge is 0.302 e. The molecule has 2 aromatic carbocycles. The number of nitrogens with one attached hydrogen (secondary N) is 1. The predicted molar refractivity (Wildman–Crippen MR) is 130 cm³/mol. The molecule has 1 aliphatic rings. The summed E-state index contributed by atoms with van der Waals surface area (Å²) in [5.74, 6) is -1.60. The number of rotatable bonds is 5. The summed E-state index contributed by atoms with van der Waals surface area (Å²) >= 11 is 6.21. The van der Waals surface area contributed by atoms with Crippen molar-refractivity contribution in [2.24, 2.45) is 0 Å². The highest BCUT2D eigenvalue weighted by molar-refractivity contribution is 6.51. The van der Waals surface area contributed by atoms with Crippen LogP contribution >= 0.6 is 11.6 Å². The lowest BCUT2D eigenvalue weighted by Gasteiger charge is -2.22. The van der Waals surface area contributed by atoms with Crippen LogP contribution in [0.15, 0.2) is 66.4 Å². The minimum absolute atomic E-state index is 0.136. The average Bonchev–Trinajstić information content (AvgIpc) is 3.42. The first-order valence-corrected chi connectivity index (χ1v) is 10.9. The number of methoxy groups -OCH3 is 2. The van der Waals surface area contributed by atoms with Gasteiger partial charge in [-0.15, -0.1) is 0 Å². The van der Waals surface area contributed by atoms with Gasteiger partial charge in [0, 0.05) is 12.3 Å². The number of amides is 1. The number of aromatic nitrogens is 3. The number of aliphatic hydroxyl groups is 1. The SMILES string of the molecule is COc1cc(/C(O)=C2\C(=O)C(=O)N(c3nc4ccccc4[nH]3)C2c2ccccn2)c(OC)cc1Cl. The summed E-state index contributed by atoms with van der Waals surface area (Å²) in [7, 11) is 2.82. The van der Waals surface area contributed by atoms with Gasteiger partial charge in [-0.05, 0) is 30.3 Å². The molecule has 176 valence electrons. The Hall–Kier alpha value is -4.37. The zero-order valence-corrected chi connectivity index (χ0v) is 19.4. The molecule has 0 aliphatic carbocycles. The number of benzene rings is 2. The van der Waals surface area contributed by atoms with Crippen LogP contribution in [0.1, 0.15) is 17.3 Å². The molecular formula is C25H19ClN4O5. The molecule has 1 amide bonds. The molecular weight excluding hydrogens is 472 g/mol. The summed E-state index contributed by atoms with van der Waals surface area (Å²) < 4.78 is 10.7. The molecule has 2 N–H and O–H groups in total. The molecule has 4 aromatic rings. The lowest BCUT2D eigenvalue weighted by Crippen LogP contribution is -2.30. The number of H-pyrrole nitrogens is 1. The van der Waals surface area contributed by atoms with Crippen molar-refractivity contribution in [1.29, 1.82) is 0 Å². The first-order chi connectivity index (χ1) is 16.9. The molecule has 5 rings (SSSR count). The number of anilines is 1. The first-order valence-electron chi connectivity index (χ1n) is 10.5. The maximum Gasteiger partial charge on any atom is 0.302 e. The second-order valence-corrected chi connectivity index (χ2v) is 8.10. The first kappa shape index (κ1) is 22.4. The van der Waals surface area contributed by atoms with E-state index in [1.165, 1.54) is 31.3 Å². The van der Waals surface area contributed by atoms with E-state index in [4.69, 9.17) is 21.1 Å². The molecule has 2 aromatic heterocycles. The van der Waals surface area contributed by atoms with Crippen molar-refractivity contribution in [1.82, 2.24) is 15.0 Å². The van der Waals surface area contributed by atoms with Gasteiger partial charge in [-0.3, -0.25) is 19.5 Å². The Kier molecular flexibility index (Phi) is 5.62. The van der Waals surface area contributed by atoms with Crippen molar-refractivity contribution in [2.45, 2.75) is 6.04 Å². The van der Waals surface area contributed by atoms with E-state index in [0.29, 0.717) is 16.7 Å². The number of ether oxygens (including phenoxy) is 2. The van der Waals surface area contributed by atoms with Crippen LogP contribution in [-0.2, 0) is 9.59 Å². The van der Waals surface area contributed by atoms with E-state index in [1.807, 2.05) is 18.2 Å². The molecule has 10 heteroatoms. The molecule has 0 saturated carbocycles. The molecule has 9 nitrogen and oxygen atoms in total. The van der Waals surface area contributed by atoms with Crippen LogP contribution < -0.4 is 14.4 Å². The number of imidazole rings is 1. The largest absolute Gasteiger partial charge is 0.507 e. The monoisotopic (exact) mass is 490 g/mol. The van der Waals surface area contributed by atoms with Gasteiger partial charge in [-0.25, -0.2) is 4.98 Å². The maximum absolute atomic E-state index is 13.3. The van der Waals surface area contributed by atoms with Crippen LogP contribution in [0.3, 0.4) is 0 Å². The summed E-state index contributed by atoms with van der Waals surface area (Å²) in [6.07, 6.45) is 1.54. The van der Waals surface area contributed by atoms with E-state index in [1.54, 1.807) is 30.5 Å². The third-order valence-corrected chi connectivity index (χ3v) is 6.04. The number of carbonyl (C=O) groups excluding carboxylic acids is 2. The van der Waals surface area contributed by atoms with Crippen molar-refractivity contribution in [2.75, 3.05) is 19.1 Å². The van der Waals surface area contributed by atoms with Crippen molar-refractivity contribution in [3.05, 3.63) is 82.6 Å². The average molecular weight is 491 g/mol. The van der Waals surface area contributed by atoms with Gasteiger partial charge in [0.05, 0.1) is 47.1 Å². The number of aromatic amines is 1. The Morgan fingerprint density at radius 3 is 2.49 bits per heavy atom. The third-order valence-electron chi connectivity index (χ3n) is 5.75. The minimum atomic E-state index is -1.05. The summed E-state index contributed by atoms with van der Waals surface area (Å²) in [6.45, 7) is 0. The Bertz CT molecular complexity index is 1470. The Morgan fingerprint density at radius 1 is 1.06 bits per heavy atom. The van der Waals surface area contributed by atoms with Gasteiger partial charge < -0.3 is 19.6 Å². The van der Waals surface area contributed by atoms with Crippen LogP contribution in [0.4, 0.5) is 5.95 Å². The van der Waals surface area contributed by atoms with Gasteiger partial charge in [0.1, 0.15) is 23.3 Å². The van der Waals surface area contributed by atoms with Crippen LogP contribution in [0, 0.1) is 0 Å². The van der Waals surface area contributed by atoms with Crippen LogP contribution in [0.5, 0.6) is 11.5 Å². The number of fused-ring (bicyclic) bond motifs is 1. The van der Waals surface area contributed by atoms with Crippen LogP contribution in [-0.4, -0.2) is 46.0 Å². The molecule has 0 bridgehead atoms. The van der Waals surface area contributed by atoms with Crippen molar-refractivity contribution in [3.8, 4) is 11.5 Å². The second kappa shape index (κ2) is 8.77. The molecule has 1 atom stereocenters. The number of Topliss-reactive ketones (excluding diaryl/α,β-unsaturated/α-hetero) is 1. The van der Waals surface area contributed by atoms with Gasteiger partial charge in [-0.1, -0.05) is 29.8 Å². The number of nitrogens with zero attached hydrogens (tertiary/aromatic N) is 3. The molecule has 3 heterocycles. The number of hydrogen-bond donors (Lipinski definition) is 2. The van der Waals surface area contributed by atoms with Gasteiger partial charge in [-0.2, -0.15) is 0 Å². The minimum Gasteiger partial charge on any atom is -0.507 e. The van der Waals surface area contributed by atoms with Gasteiger partial charge >= 0.3 is 5.91 Å². The van der Waals surface area contributed by atoms with Crippen LogP contribution in [0.2, 0.25) is 5.02 Å². The quantitative estimate of drug-likeness (QED) is 0.244. The van der Waals surface area contributed by atoms with E-state index in [2.05, 4.69) is 15.0 Å². The number of aliphatic hydroxyl groups excluding tert-OH is 1. The fourth-order valence-electron chi connectivity index (χ4n) is 4.11. The molecule has 1 fully saturated rings. The zero-order chi connectivity index (χ0) is 24.7. The number of ketones is 1. The highest BCUT2D eigenvalue weighted by atomic mass is 35.5. The predicted octanol–water partition coefficient (Wildman–Crippen LogP) is 4.25. The molecule has 1 aliphatic heterocycles. The number of carbonyl (C=O) groups is 2. The highest BCUT2D eigenvalue weighted by Crippen LogP contribution is 2.43. The normalized spacial score (nSPS) is 17.2. The standard InChI is InChI=1S/C25H19ClN4O5/c1-34-18-12-14(26)19(35-2)11-13(18)22(31)20-21(17-9-5-6-10-27-17)30(24(33)23(20)32)25-28-15-7-3-4-8-16(15)29-25/h3-12,21,31H,1-2H3,(H,28,29)/b22-20+. The molecule has 0 spiro atoms. The van der Waals surface area contributed by atoms with E-state index < -0.39 is 23.5 Å². The Balaban J connectivity index is 1.76. The summed E-state index contributed by atoms with van der Waals surface area (Å²) in [6, 6.07) is 14.2. The Labute approximate surface area is 204 Å². The van der Waals surface area contributed by atoms with E-state index >= 15 is 0 Å². The van der Waals surface area contributed by atoms with Crippen molar-refractivity contribution in [3.63, 3.8) is 0 Å². The third kappa shape index (κ3) is 3.66. The topological polar surface area (TPSA) is 118 Å². The number of hydrogen-bond acceptors (Lipinski definition) is 7. The van der Waals surface area contributed by atoms with E-state index in [-0.39, 0.29) is 33.6 Å². The lowest BCUT2D eigenvalue weighted by molar-refractivity contribution is -0.132. The summed E-state index contributed by atoms with van der Waals surface area (Å²) in [5, 5.41) is 11.7. The fraction of sp³-hybridized carbons (Fsp3) is 0.120. The molecule has 1 saturated heterocycles. The number of halogens is 1. The number of para-hydroxylation sites is 2. The van der Waals surface area contributed by atoms with Crippen molar-refractivity contribution < 1.29 is 24.2 Å². The lowest BCUT2D eigenvalue weighted by atomic mass is 9.97. The Morgan fingerprint density at radius 2 is 1.80 bits per heavy atom. The van der Waals surface area contributed by atoms with Crippen LogP contribution in [0.25, 0.3) is 16.8 Å². The van der Waals surface area contributed by atoms with Gasteiger partial charge in [0.15, 0.2) is 0 Å². The second-order valence-electron chi connectivity index (χ2n) is 7.69. The fourth-order valence-corrected chi connectivity index (χ4v) is 4.34. The summed E-state index contributed by atoms with van der Waals surface area (Å²) in [5.41, 5.74) is 1.64. The van der Waals surface area contributed by atoms with E-state index in [9.17, 15) is 14.7 Å². The highest BCUT2D eigenvalue weighted by Gasteiger charge is 2.49. The zero-order valence-electron chi connectivity index (χ0n) is 18.7. The number of pyridine rings is 1.